The number of carbonyl (C=O) groups excluding carboxylic acids is 2. The molecule has 2 amide bonds. The number of aryl methyl sites for hydroxylation is 1. The Hall–Kier alpha value is -2.77. The fraction of sp³-hybridized carbons (Fsp3) is 0.516. The zero-order chi connectivity index (χ0) is 26.9. The third kappa shape index (κ3) is 4.98. The summed E-state index contributed by atoms with van der Waals surface area (Å²) >= 11 is 1.64. The molecule has 202 valence electrons. The van der Waals surface area contributed by atoms with Gasteiger partial charge in [0.2, 0.25) is 11.8 Å². The van der Waals surface area contributed by atoms with Crippen molar-refractivity contribution in [2.45, 2.75) is 83.3 Å². The standard InChI is InChI=1S/C31H40N4O2S/c1-20-15-16-25(24-14-9-8-13-23(20)24)26-19-38-30(33-26)31(3)17-10-18-35(31)29(37)27(22-11-6-5-7-12-22)34-28(36)21(2)32-4/h8-9,13-16,19,21-22,27,32H,5-7,10-12,17-18H2,1-4H3,(H,34,36)/t21-,27-,31+/m1/s1. The highest BCUT2D eigenvalue weighted by Gasteiger charge is 2.47. The summed E-state index contributed by atoms with van der Waals surface area (Å²) in [5.41, 5.74) is 2.86. The molecule has 1 aliphatic heterocycles. The second-order valence-corrected chi connectivity index (χ2v) is 12.1. The van der Waals surface area contributed by atoms with Crippen LogP contribution < -0.4 is 10.6 Å². The molecular weight excluding hydrogens is 492 g/mol. The van der Waals surface area contributed by atoms with Crippen LogP contribution in [0.1, 0.15) is 69.4 Å². The lowest BCUT2D eigenvalue weighted by Gasteiger charge is -2.39. The maximum atomic E-state index is 14.2. The molecule has 3 atom stereocenters. The highest BCUT2D eigenvalue weighted by Crippen LogP contribution is 2.43. The van der Waals surface area contributed by atoms with Gasteiger partial charge in [-0.3, -0.25) is 9.59 Å². The van der Waals surface area contributed by atoms with Gasteiger partial charge in [-0.15, -0.1) is 11.3 Å². The van der Waals surface area contributed by atoms with E-state index in [1.807, 2.05) is 11.8 Å². The predicted octanol–water partition coefficient (Wildman–Crippen LogP) is 5.78. The van der Waals surface area contributed by atoms with E-state index in [1.54, 1.807) is 18.4 Å². The van der Waals surface area contributed by atoms with Gasteiger partial charge in [-0.05, 0) is 75.8 Å². The molecule has 3 aromatic rings. The minimum absolute atomic E-state index is 0.0473. The summed E-state index contributed by atoms with van der Waals surface area (Å²) in [4.78, 5) is 34.3. The van der Waals surface area contributed by atoms with Crippen molar-refractivity contribution in [2.24, 2.45) is 5.92 Å². The van der Waals surface area contributed by atoms with Crippen LogP contribution in [0, 0.1) is 12.8 Å². The van der Waals surface area contributed by atoms with Gasteiger partial charge in [0.1, 0.15) is 11.0 Å². The Morgan fingerprint density at radius 2 is 1.82 bits per heavy atom. The molecule has 1 saturated heterocycles. The summed E-state index contributed by atoms with van der Waals surface area (Å²) in [6, 6.07) is 12.0. The molecule has 2 aromatic carbocycles. The second-order valence-electron chi connectivity index (χ2n) is 11.3. The summed E-state index contributed by atoms with van der Waals surface area (Å²) in [6.07, 6.45) is 7.21. The number of amides is 2. The fourth-order valence-corrected chi connectivity index (χ4v) is 7.30. The van der Waals surface area contributed by atoms with Gasteiger partial charge >= 0.3 is 0 Å². The molecule has 5 rings (SSSR count). The fourth-order valence-electron chi connectivity index (χ4n) is 6.28. The van der Waals surface area contributed by atoms with Crippen molar-refractivity contribution in [3.8, 4) is 11.3 Å². The smallest absolute Gasteiger partial charge is 0.246 e. The van der Waals surface area contributed by atoms with Crippen molar-refractivity contribution in [1.29, 1.82) is 0 Å². The van der Waals surface area contributed by atoms with Gasteiger partial charge in [-0.2, -0.15) is 0 Å². The van der Waals surface area contributed by atoms with Crippen molar-refractivity contribution in [1.82, 2.24) is 20.5 Å². The third-order valence-electron chi connectivity index (χ3n) is 8.80. The van der Waals surface area contributed by atoms with Crippen LogP contribution in [0.25, 0.3) is 22.0 Å². The van der Waals surface area contributed by atoms with E-state index in [0.29, 0.717) is 6.54 Å². The summed E-state index contributed by atoms with van der Waals surface area (Å²) in [5.74, 6) is 0.117. The molecule has 38 heavy (non-hydrogen) atoms. The number of hydrogen-bond acceptors (Lipinski definition) is 5. The topological polar surface area (TPSA) is 74.3 Å². The Morgan fingerprint density at radius 1 is 1.08 bits per heavy atom. The van der Waals surface area contributed by atoms with Crippen LogP contribution in [0.3, 0.4) is 0 Å². The first-order valence-corrected chi connectivity index (χ1v) is 15.0. The van der Waals surface area contributed by atoms with Crippen molar-refractivity contribution in [3.63, 3.8) is 0 Å². The van der Waals surface area contributed by atoms with Gasteiger partial charge < -0.3 is 15.5 Å². The van der Waals surface area contributed by atoms with Crippen LogP contribution in [-0.4, -0.2) is 47.4 Å². The molecule has 1 saturated carbocycles. The minimum atomic E-state index is -0.489. The first-order chi connectivity index (χ1) is 18.3. The number of carbonyl (C=O) groups is 2. The van der Waals surface area contributed by atoms with Crippen LogP contribution in [0.5, 0.6) is 0 Å². The van der Waals surface area contributed by atoms with Crippen LogP contribution in [0.4, 0.5) is 0 Å². The third-order valence-corrected chi connectivity index (χ3v) is 9.90. The van der Waals surface area contributed by atoms with E-state index in [2.05, 4.69) is 66.3 Å². The lowest BCUT2D eigenvalue weighted by molar-refractivity contribution is -0.142. The number of nitrogens with zero attached hydrogens (tertiary/aromatic N) is 2. The molecule has 1 aliphatic carbocycles. The quantitative estimate of drug-likeness (QED) is 0.404. The number of fused-ring (bicyclic) bond motifs is 1. The Bertz CT molecular complexity index is 1310. The van der Waals surface area contributed by atoms with Gasteiger partial charge in [0, 0.05) is 17.5 Å². The molecule has 2 N–H and O–H groups in total. The monoisotopic (exact) mass is 532 g/mol. The highest BCUT2D eigenvalue weighted by molar-refractivity contribution is 7.10. The van der Waals surface area contributed by atoms with Crippen LogP contribution in [0.2, 0.25) is 0 Å². The normalized spacial score (nSPS) is 21.9. The molecule has 6 nitrogen and oxygen atoms in total. The molecule has 2 aliphatic rings. The van der Waals surface area contributed by atoms with Crippen molar-refractivity contribution in [3.05, 3.63) is 52.3 Å². The van der Waals surface area contributed by atoms with Crippen molar-refractivity contribution in [2.75, 3.05) is 13.6 Å². The van der Waals surface area contributed by atoms with E-state index in [1.165, 1.54) is 22.8 Å². The number of benzene rings is 2. The predicted molar refractivity (Wildman–Crippen MR) is 155 cm³/mol. The number of likely N-dealkylation sites (tertiary alicyclic amines) is 1. The summed E-state index contributed by atoms with van der Waals surface area (Å²) in [5, 5.41) is 11.7. The van der Waals surface area contributed by atoms with Gasteiger partial charge in [0.05, 0.1) is 17.3 Å². The van der Waals surface area contributed by atoms with Crippen LogP contribution >= 0.6 is 11.3 Å². The summed E-state index contributed by atoms with van der Waals surface area (Å²) in [7, 11) is 1.77. The molecule has 7 heteroatoms. The zero-order valence-corrected chi connectivity index (χ0v) is 23.9. The van der Waals surface area contributed by atoms with E-state index in [0.717, 1.165) is 54.8 Å². The molecule has 2 heterocycles. The second kappa shape index (κ2) is 11.1. The average molecular weight is 533 g/mol. The summed E-state index contributed by atoms with van der Waals surface area (Å²) < 4.78 is 0. The minimum Gasteiger partial charge on any atom is -0.343 e. The SMILES string of the molecule is CN[C@H](C)C(=O)N[C@@H](C(=O)N1CCC[C@@]1(C)c1nc(-c2ccc(C)c3ccccc23)cs1)C1CCCCC1. The maximum Gasteiger partial charge on any atom is 0.246 e. The number of likely N-dealkylation sites (N-methyl/N-ethyl adjacent to an activating group) is 1. The zero-order valence-electron chi connectivity index (χ0n) is 23.0. The van der Waals surface area contributed by atoms with E-state index in [9.17, 15) is 9.59 Å². The Balaban J connectivity index is 1.45. The number of aromatic nitrogens is 1. The molecule has 2 fully saturated rings. The van der Waals surface area contributed by atoms with Gasteiger partial charge in [0.25, 0.3) is 0 Å². The number of hydrogen-bond donors (Lipinski definition) is 2. The Morgan fingerprint density at radius 3 is 2.55 bits per heavy atom. The largest absolute Gasteiger partial charge is 0.343 e. The van der Waals surface area contributed by atoms with E-state index >= 15 is 0 Å². The lowest BCUT2D eigenvalue weighted by atomic mass is 9.82. The van der Waals surface area contributed by atoms with E-state index in [-0.39, 0.29) is 23.8 Å². The number of rotatable bonds is 7. The summed E-state index contributed by atoms with van der Waals surface area (Å²) in [6.45, 7) is 6.83. The van der Waals surface area contributed by atoms with Gasteiger partial charge in [-0.1, -0.05) is 55.7 Å². The van der Waals surface area contributed by atoms with E-state index in [4.69, 9.17) is 4.98 Å². The molecule has 0 unspecified atom stereocenters. The number of nitrogens with one attached hydrogen (secondary N) is 2. The van der Waals surface area contributed by atoms with Crippen molar-refractivity contribution >= 4 is 33.9 Å². The highest BCUT2D eigenvalue weighted by atomic mass is 32.1. The van der Waals surface area contributed by atoms with E-state index < -0.39 is 11.6 Å². The maximum absolute atomic E-state index is 14.2. The molecule has 0 spiro atoms. The molecule has 1 aromatic heterocycles. The first kappa shape index (κ1) is 26.8. The molecular formula is C31H40N4O2S. The van der Waals surface area contributed by atoms with Crippen LogP contribution in [0.15, 0.2) is 41.8 Å². The number of thiazole rings is 1. The van der Waals surface area contributed by atoms with Gasteiger partial charge in [-0.25, -0.2) is 4.98 Å². The molecule has 0 bridgehead atoms. The first-order valence-electron chi connectivity index (χ1n) is 14.1. The Kier molecular flexibility index (Phi) is 7.87. The average Bonchev–Trinajstić information content (AvgIpc) is 3.60. The molecule has 0 radical (unpaired) electrons. The van der Waals surface area contributed by atoms with Crippen molar-refractivity contribution < 1.29 is 9.59 Å². The lowest BCUT2D eigenvalue weighted by Crippen LogP contribution is -2.58. The Labute approximate surface area is 230 Å². The van der Waals surface area contributed by atoms with Crippen LogP contribution in [-0.2, 0) is 15.1 Å². The van der Waals surface area contributed by atoms with Gasteiger partial charge in [0.15, 0.2) is 0 Å².